The molecule has 0 bridgehead atoms. The number of aromatic hydroxyl groups is 1. The van der Waals surface area contributed by atoms with Gasteiger partial charge in [0.1, 0.15) is 17.3 Å². The van der Waals surface area contributed by atoms with Gasteiger partial charge in [0.05, 0.1) is 43.8 Å². The van der Waals surface area contributed by atoms with Crippen molar-refractivity contribution in [3.63, 3.8) is 0 Å². The van der Waals surface area contributed by atoms with Crippen LogP contribution in [0.4, 0.5) is 27.1 Å². The summed E-state index contributed by atoms with van der Waals surface area (Å²) >= 11 is 0.341. The molecule has 0 spiro atoms. The second-order valence-electron chi connectivity index (χ2n) is 16.0. The number of benzene rings is 4. The van der Waals surface area contributed by atoms with Crippen LogP contribution in [0.15, 0.2) is 85.6 Å². The van der Waals surface area contributed by atoms with Crippen molar-refractivity contribution in [1.82, 2.24) is 4.72 Å². The number of phenols is 1. The number of azo groups is 1. The van der Waals surface area contributed by atoms with Crippen LogP contribution >= 0.6 is 12.0 Å². The van der Waals surface area contributed by atoms with Gasteiger partial charge in [0.2, 0.25) is 22.0 Å². The van der Waals surface area contributed by atoms with Crippen molar-refractivity contribution < 1.29 is 64.6 Å². The first-order valence-corrected chi connectivity index (χ1v) is 24.4. The number of halogens is 1. The van der Waals surface area contributed by atoms with Crippen LogP contribution in [0.3, 0.4) is 0 Å². The monoisotopic (exact) mass is 963 g/mol. The summed E-state index contributed by atoms with van der Waals surface area (Å²) in [7, 11) is -8.85. The van der Waals surface area contributed by atoms with Gasteiger partial charge in [-0.2, -0.15) is 13.5 Å². The Hall–Kier alpha value is -5.07. The molecule has 0 heterocycles. The number of ketones is 1. The first-order chi connectivity index (χ1) is 30.7. The summed E-state index contributed by atoms with van der Waals surface area (Å²) in [6, 6.07) is 11.5. The van der Waals surface area contributed by atoms with Gasteiger partial charge in [-0.3, -0.25) is 18.9 Å². The topological polar surface area (TPSA) is 269 Å². The van der Waals surface area contributed by atoms with Crippen LogP contribution in [0.2, 0.25) is 0 Å². The fraction of sp³-hybridized carbons (Fsp3) is 0.419. The zero-order valence-electron chi connectivity index (χ0n) is 36.6. The Labute approximate surface area is 381 Å². The highest BCUT2D eigenvalue weighted by molar-refractivity contribution is 7.94. The predicted octanol–water partition coefficient (Wildman–Crippen LogP) is 9.93. The highest BCUT2D eigenvalue weighted by Gasteiger charge is 2.37. The number of fused-ring (bicyclic) bond motifs is 1. The van der Waals surface area contributed by atoms with Crippen LogP contribution in [0.25, 0.3) is 10.8 Å². The summed E-state index contributed by atoms with van der Waals surface area (Å²) in [5.41, 5.74) is -2.00. The molecule has 0 saturated heterocycles. The molecule has 1 atom stereocenters. The van der Waals surface area contributed by atoms with E-state index in [4.69, 9.17) is 9.99 Å². The second-order valence-corrected chi connectivity index (χ2v) is 20.0. The second kappa shape index (κ2) is 23.9. The minimum atomic E-state index is -4.78. The molecule has 22 heteroatoms. The van der Waals surface area contributed by atoms with Gasteiger partial charge in [-0.05, 0) is 72.5 Å². The zero-order valence-corrected chi connectivity index (χ0v) is 39.0. The first-order valence-electron chi connectivity index (χ1n) is 20.7. The van der Waals surface area contributed by atoms with E-state index in [2.05, 4.69) is 41.9 Å². The van der Waals surface area contributed by atoms with Gasteiger partial charge in [-0.15, -0.1) is 9.45 Å². The Bertz CT molecular complexity index is 2570. The van der Waals surface area contributed by atoms with E-state index >= 15 is 4.39 Å². The van der Waals surface area contributed by atoms with Gasteiger partial charge >= 0.3 is 0 Å². The number of Topliss-reactive ketones (excluding diaryl/α,β-unsaturated/α-hetero) is 1. The van der Waals surface area contributed by atoms with Crippen molar-refractivity contribution in [2.75, 3.05) is 17.2 Å². The number of phenolic OH excluding ortho intramolecular Hbond substituents is 1. The maximum absolute atomic E-state index is 15.1. The average molecular weight is 964 g/mol. The van der Waals surface area contributed by atoms with Crippen molar-refractivity contribution >= 4 is 83.3 Å². The molecule has 4 aromatic carbocycles. The van der Waals surface area contributed by atoms with E-state index in [-0.39, 0.29) is 49.9 Å². The van der Waals surface area contributed by atoms with Gasteiger partial charge in [0.15, 0.2) is 11.5 Å². The van der Waals surface area contributed by atoms with E-state index in [9.17, 15) is 40.9 Å². The first kappa shape index (κ1) is 52.6. The van der Waals surface area contributed by atoms with Crippen molar-refractivity contribution in [3.8, 4) is 11.5 Å². The van der Waals surface area contributed by atoms with Crippen molar-refractivity contribution in [2.24, 2.45) is 15.6 Å². The van der Waals surface area contributed by atoms with Crippen molar-refractivity contribution in [3.05, 3.63) is 66.5 Å². The fourth-order valence-electron chi connectivity index (χ4n) is 6.43. The van der Waals surface area contributed by atoms with Crippen LogP contribution in [-0.4, -0.2) is 62.0 Å². The normalized spacial score (nSPS) is 12.7. The number of nitrogens with zero attached hydrogens (tertiary/aromatic N) is 2. The molecule has 0 aliphatic carbocycles. The van der Waals surface area contributed by atoms with E-state index in [0.29, 0.717) is 18.5 Å². The van der Waals surface area contributed by atoms with Gasteiger partial charge in [-0.1, -0.05) is 90.5 Å². The summed E-state index contributed by atoms with van der Waals surface area (Å²) in [6.45, 7) is 8.14. The quantitative estimate of drug-likeness (QED) is 0.00686. The summed E-state index contributed by atoms with van der Waals surface area (Å²) in [5.74, 6) is -3.99. The van der Waals surface area contributed by atoms with Crippen LogP contribution < -0.4 is 20.1 Å². The maximum atomic E-state index is 15.1. The third kappa shape index (κ3) is 15.5. The molecule has 4 rings (SSSR count). The van der Waals surface area contributed by atoms with Crippen LogP contribution in [0, 0.1) is 11.2 Å². The third-order valence-electron chi connectivity index (χ3n) is 9.79. The standard InChI is InChI=1S/C43H54FN5O13S3/c1-6-7-8-9-10-11-12-13-14-15-22-45-64(55,56)31-20-21-33(44)34(25-31)47-42(53)40(41(52)43(3,4)5)60-30-18-16-29(17-19-30)48-49-38-36(63-62-61-54)24-28-23-32(65(57,58)59)26-35(46-27(2)50)37(28)39(38)51/h16-21,23-26,40,45,51,54H,6-15,22H2,1-5H3,(H,46,50)(H,47,53)(H,57,58,59). The molecule has 6 N–H and O–H groups in total. The number of anilines is 2. The largest absolute Gasteiger partial charge is 0.505 e. The number of sulfonamides is 1. The average Bonchev–Trinajstić information content (AvgIpc) is 3.23. The Kier molecular flexibility index (Phi) is 19.3. The van der Waals surface area contributed by atoms with Crippen molar-refractivity contribution in [2.45, 2.75) is 120 Å². The van der Waals surface area contributed by atoms with Gasteiger partial charge < -0.3 is 20.5 Å². The smallest absolute Gasteiger partial charge is 0.294 e. The molecule has 65 heavy (non-hydrogen) atoms. The molecule has 0 radical (unpaired) electrons. The van der Waals surface area contributed by atoms with Gasteiger partial charge in [-0.25, -0.2) is 22.8 Å². The number of amides is 2. The highest BCUT2D eigenvalue weighted by Crippen LogP contribution is 2.47. The number of ether oxygens (including phenoxy) is 1. The number of unbranched alkanes of at least 4 members (excludes halogenated alkanes) is 9. The molecule has 4 aromatic rings. The van der Waals surface area contributed by atoms with E-state index in [1.54, 1.807) is 20.8 Å². The lowest BCUT2D eigenvalue weighted by molar-refractivity contribution is -0.432. The minimum Gasteiger partial charge on any atom is -0.505 e. The van der Waals surface area contributed by atoms with Crippen LogP contribution in [0.5, 0.6) is 11.5 Å². The summed E-state index contributed by atoms with van der Waals surface area (Å²) < 4.78 is 87.8. The minimum absolute atomic E-state index is 0.0115. The van der Waals surface area contributed by atoms with Gasteiger partial charge in [0.25, 0.3) is 16.0 Å². The lowest BCUT2D eigenvalue weighted by atomic mass is 9.87. The highest BCUT2D eigenvalue weighted by atomic mass is 32.2. The molecule has 0 aromatic heterocycles. The van der Waals surface area contributed by atoms with E-state index in [1.807, 2.05) is 0 Å². The van der Waals surface area contributed by atoms with Crippen LogP contribution in [-0.2, 0) is 43.9 Å². The molecular formula is C43H54FN5O13S3. The Morgan fingerprint density at radius 2 is 1.43 bits per heavy atom. The summed E-state index contributed by atoms with van der Waals surface area (Å²) in [6.07, 6.45) is 8.98. The molecular weight excluding hydrogens is 910 g/mol. The summed E-state index contributed by atoms with van der Waals surface area (Å²) in [4.78, 5) is 38.2. The molecule has 2 amide bonds. The van der Waals surface area contributed by atoms with E-state index in [0.717, 1.165) is 62.9 Å². The zero-order chi connectivity index (χ0) is 48.0. The fourth-order valence-corrected chi connectivity index (χ4v) is 8.57. The Morgan fingerprint density at radius 3 is 2.02 bits per heavy atom. The van der Waals surface area contributed by atoms with E-state index < -0.39 is 71.4 Å². The molecule has 0 aliphatic rings. The molecule has 1 unspecified atom stereocenters. The SMILES string of the molecule is CCCCCCCCCCCCNS(=O)(=O)c1ccc(F)c(NC(=O)C(Oc2ccc(N=Nc3c(SOOO)cc4cc(S(=O)(=O)O)cc(NC(C)=O)c4c3O)cc2)C(=O)C(C)(C)C)c1. The summed E-state index contributed by atoms with van der Waals surface area (Å²) in [5, 5.41) is 36.6. The molecule has 18 nitrogen and oxygen atoms in total. The molecule has 0 aliphatic heterocycles. The lowest BCUT2D eigenvalue weighted by Gasteiger charge is -2.25. The Balaban J connectivity index is 1.52. The number of hydrogen-bond donors (Lipinski definition) is 6. The Morgan fingerprint density at radius 1 is 0.815 bits per heavy atom. The number of hydrogen-bond acceptors (Lipinski definition) is 15. The van der Waals surface area contributed by atoms with Crippen molar-refractivity contribution in [1.29, 1.82) is 0 Å². The third-order valence-corrected chi connectivity index (χ3v) is 12.7. The van der Waals surface area contributed by atoms with Gasteiger partial charge in [0, 0.05) is 24.3 Å². The molecule has 354 valence electrons. The van der Waals surface area contributed by atoms with E-state index in [1.165, 1.54) is 62.4 Å². The number of rotatable bonds is 25. The maximum Gasteiger partial charge on any atom is 0.294 e. The number of carbonyl (C=O) groups is 3. The lowest BCUT2D eigenvalue weighted by Crippen LogP contribution is -2.45. The number of nitrogens with one attached hydrogen (secondary N) is 3. The molecule has 0 fully saturated rings. The predicted molar refractivity (Wildman–Crippen MR) is 242 cm³/mol. The molecule has 0 saturated carbocycles. The number of carbonyl (C=O) groups excluding carboxylic acids is 3. The van der Waals surface area contributed by atoms with Crippen LogP contribution in [0.1, 0.15) is 98.8 Å².